The lowest BCUT2D eigenvalue weighted by Crippen LogP contribution is -2.54. The van der Waals surface area contributed by atoms with Gasteiger partial charge in [-0.15, -0.1) is 11.3 Å². The number of carboxylic acids is 2. The summed E-state index contributed by atoms with van der Waals surface area (Å²) in [5, 5.41) is 30.0. The predicted molar refractivity (Wildman–Crippen MR) is 263 cm³/mol. The topological polar surface area (TPSA) is 278 Å². The van der Waals surface area contributed by atoms with Gasteiger partial charge in [0, 0.05) is 56.9 Å². The molecule has 1 aromatic heterocycles. The molecule has 0 saturated carbocycles. The van der Waals surface area contributed by atoms with Gasteiger partial charge in [-0.2, -0.15) is 0 Å². The number of halogens is 1. The molecule has 4 aromatic rings. The number of ether oxygens (including phenoxy) is 1. The second-order valence-corrected chi connectivity index (χ2v) is 20.7. The number of carbonyl (C=O) groups is 8. The predicted octanol–water partition coefficient (Wildman–Crippen LogP) is 5.18. The van der Waals surface area contributed by atoms with Crippen molar-refractivity contribution in [3.63, 3.8) is 0 Å². The van der Waals surface area contributed by atoms with Crippen LogP contribution in [0.5, 0.6) is 5.75 Å². The third-order valence-corrected chi connectivity index (χ3v) is 15.7. The summed E-state index contributed by atoms with van der Waals surface area (Å²) in [6.07, 6.45) is 4.04. The zero-order valence-corrected chi connectivity index (χ0v) is 40.9. The van der Waals surface area contributed by atoms with Crippen molar-refractivity contribution >= 4 is 97.4 Å². The number of piperidine rings is 2. The van der Waals surface area contributed by atoms with Gasteiger partial charge in [-0.05, 0) is 79.6 Å². The van der Waals surface area contributed by atoms with Gasteiger partial charge in [0.1, 0.15) is 11.1 Å². The Bertz CT molecular complexity index is 2870. The summed E-state index contributed by atoms with van der Waals surface area (Å²) in [6.45, 7) is 0.0849. The molecule has 23 heteroatoms. The van der Waals surface area contributed by atoms with Crippen LogP contribution in [0.3, 0.4) is 0 Å². The summed E-state index contributed by atoms with van der Waals surface area (Å²) >= 11 is 7.34. The second kappa shape index (κ2) is 22.9. The van der Waals surface area contributed by atoms with E-state index in [0.29, 0.717) is 65.3 Å². The first-order valence-electron chi connectivity index (χ1n) is 22.9. The first-order valence-corrected chi connectivity index (χ1v) is 25.7. The smallest absolute Gasteiger partial charge is 0.349 e. The fourth-order valence-electron chi connectivity index (χ4n) is 8.68. The lowest BCUT2D eigenvalue weighted by Gasteiger charge is -2.32. The van der Waals surface area contributed by atoms with Gasteiger partial charge in [0.2, 0.25) is 33.7 Å². The van der Waals surface area contributed by atoms with E-state index in [9.17, 15) is 51.9 Å². The number of fused-ring (bicyclic) bond motifs is 1. The Balaban J connectivity index is 0.796. The van der Waals surface area contributed by atoms with Crippen LogP contribution in [0.25, 0.3) is 10.4 Å². The van der Waals surface area contributed by atoms with Crippen molar-refractivity contribution in [2.75, 3.05) is 55.4 Å². The summed E-state index contributed by atoms with van der Waals surface area (Å²) in [5.74, 6) is -6.02. The van der Waals surface area contributed by atoms with E-state index in [1.54, 1.807) is 66.5 Å². The average molecular weight is 1030 g/mol. The quantitative estimate of drug-likeness (QED) is 0.0437. The number of carbonyl (C=O) groups excluding carboxylic acids is 6. The maximum Gasteiger partial charge on any atom is 0.349 e. The summed E-state index contributed by atoms with van der Waals surface area (Å²) < 4.78 is 33.7. The maximum atomic E-state index is 13.5. The lowest BCUT2D eigenvalue weighted by molar-refractivity contribution is -0.139. The van der Waals surface area contributed by atoms with E-state index in [0.717, 1.165) is 29.1 Å². The van der Waals surface area contributed by atoms with Crippen molar-refractivity contribution < 1.29 is 61.7 Å². The molecule has 3 aromatic carbocycles. The highest BCUT2D eigenvalue weighted by molar-refractivity contribution is 7.88. The van der Waals surface area contributed by atoms with Crippen molar-refractivity contribution in [2.45, 2.75) is 75.6 Å². The highest BCUT2D eigenvalue weighted by Crippen LogP contribution is 2.46. The van der Waals surface area contributed by atoms with Crippen molar-refractivity contribution in [3.05, 3.63) is 93.3 Å². The Morgan fingerprint density at radius 3 is 2.34 bits per heavy atom. The third-order valence-electron chi connectivity index (χ3n) is 12.1. The van der Waals surface area contributed by atoms with Crippen LogP contribution in [0.4, 0.5) is 17.1 Å². The number of aliphatic carboxylic acids is 1. The second-order valence-electron chi connectivity index (χ2n) is 17.3. The van der Waals surface area contributed by atoms with Crippen molar-refractivity contribution in [1.82, 2.24) is 19.8 Å². The summed E-state index contributed by atoms with van der Waals surface area (Å²) in [4.78, 5) is 102. The number of thiophene rings is 1. The van der Waals surface area contributed by atoms with Gasteiger partial charge < -0.3 is 35.8 Å². The van der Waals surface area contributed by atoms with Crippen LogP contribution in [0.1, 0.15) is 93.7 Å². The molecule has 2 saturated heterocycles. The summed E-state index contributed by atoms with van der Waals surface area (Å²) in [6, 6.07) is 17.4. The SMILES string of the molecule is CN(CC(=O)NCCCCCCC(=O)Nc1cccc(CS(=O)(=O)N2CCC(Nc3cccc(-c4sc(C(=O)O)c(OCC(=O)O)c4Cl)c3)CC2)c1)c1cccc2c1C(=O)N(C1CCC(=O)NC1=O)C2=O. The Labute approximate surface area is 417 Å². The minimum Gasteiger partial charge on any atom is -0.479 e. The standard InChI is InChI=1S/C48H52ClN7O13S2/c1-54(34-14-8-13-33-40(34)47(64)56(46(33)63)35-16-17-37(58)53-45(35)62)25-38(59)50-20-5-3-2-4-15-36(57)52-31-11-6-9-28(23-31)27-71(67,68)55-21-18-30(19-22-55)51-32-12-7-10-29(24-32)43-41(49)42(69-26-39(60)61)44(70-43)48(65)66/h6-14,23-24,30,35,51H,2-5,15-22,25-27H2,1H3,(H,50,59)(H,52,57)(H,60,61)(H,65,66)(H,53,58,62). The van der Waals surface area contributed by atoms with E-state index >= 15 is 0 Å². The van der Waals surface area contributed by atoms with E-state index in [2.05, 4.69) is 21.3 Å². The van der Waals surface area contributed by atoms with E-state index in [-0.39, 0.29) is 89.3 Å². The number of hydrogen-bond donors (Lipinski definition) is 6. The summed E-state index contributed by atoms with van der Waals surface area (Å²) in [7, 11) is -2.08. The van der Waals surface area contributed by atoms with Gasteiger partial charge in [-0.3, -0.25) is 39.0 Å². The van der Waals surface area contributed by atoms with Gasteiger partial charge in [0.25, 0.3) is 11.8 Å². The van der Waals surface area contributed by atoms with E-state index in [1.807, 2.05) is 6.07 Å². The lowest BCUT2D eigenvalue weighted by atomic mass is 10.0. The number of sulfonamides is 1. The fraction of sp³-hybridized carbons (Fsp3) is 0.375. The van der Waals surface area contributed by atoms with Crippen molar-refractivity contribution in [1.29, 1.82) is 0 Å². The van der Waals surface area contributed by atoms with Crippen LogP contribution in [-0.4, -0.2) is 127 Å². The molecule has 376 valence electrons. The molecule has 6 N–H and O–H groups in total. The molecule has 0 aliphatic carbocycles. The number of rotatable bonds is 22. The van der Waals surface area contributed by atoms with E-state index in [1.165, 1.54) is 10.4 Å². The van der Waals surface area contributed by atoms with Crippen molar-refractivity contribution in [2.24, 2.45) is 0 Å². The first-order chi connectivity index (χ1) is 33.9. The minimum absolute atomic E-state index is 0.00333. The number of nitrogens with zero attached hydrogens (tertiary/aromatic N) is 3. The molecule has 20 nitrogen and oxygen atoms in total. The molecule has 0 radical (unpaired) electrons. The van der Waals surface area contributed by atoms with Crippen LogP contribution in [0, 0.1) is 0 Å². The average Bonchev–Trinajstić information content (AvgIpc) is 3.79. The Hall–Kier alpha value is -6.88. The van der Waals surface area contributed by atoms with Crippen LogP contribution < -0.4 is 30.9 Å². The number of nitrogens with one attached hydrogen (secondary N) is 4. The number of hydrogen-bond acceptors (Lipinski definition) is 14. The van der Waals surface area contributed by atoms with Gasteiger partial charge in [0.15, 0.2) is 17.2 Å². The molecule has 0 spiro atoms. The number of anilines is 3. The van der Waals surface area contributed by atoms with Gasteiger partial charge in [0.05, 0.1) is 34.0 Å². The molecule has 1 unspecified atom stereocenters. The Morgan fingerprint density at radius 2 is 1.61 bits per heavy atom. The molecule has 0 bridgehead atoms. The molecular weight excluding hydrogens is 982 g/mol. The molecule has 3 aliphatic heterocycles. The maximum absolute atomic E-state index is 13.5. The molecular formula is C48H52ClN7O13S2. The third kappa shape index (κ3) is 12.7. The van der Waals surface area contributed by atoms with E-state index < -0.39 is 58.2 Å². The van der Waals surface area contributed by atoms with Gasteiger partial charge in [-0.25, -0.2) is 22.3 Å². The highest BCUT2D eigenvalue weighted by atomic mass is 35.5. The Morgan fingerprint density at radius 1 is 0.887 bits per heavy atom. The molecule has 2 fully saturated rings. The van der Waals surface area contributed by atoms with Crippen LogP contribution >= 0.6 is 22.9 Å². The largest absolute Gasteiger partial charge is 0.479 e. The molecule has 6 amide bonds. The Kier molecular flexibility index (Phi) is 16.8. The number of imide groups is 2. The number of unbranched alkanes of at least 4 members (excludes halogenated alkanes) is 3. The normalized spacial score (nSPS) is 16.3. The minimum atomic E-state index is -3.70. The van der Waals surface area contributed by atoms with Gasteiger partial charge in [-0.1, -0.05) is 54.8 Å². The van der Waals surface area contributed by atoms with Crippen LogP contribution in [0.15, 0.2) is 66.7 Å². The summed E-state index contributed by atoms with van der Waals surface area (Å²) in [5.41, 5.74) is 2.88. The number of likely N-dealkylation sites (N-methyl/N-ethyl adjacent to an activating group) is 1. The molecule has 3 aliphatic rings. The first kappa shape index (κ1) is 52.0. The van der Waals surface area contributed by atoms with Crippen LogP contribution in [0.2, 0.25) is 5.02 Å². The molecule has 71 heavy (non-hydrogen) atoms. The number of aromatic carboxylic acids is 1. The van der Waals surface area contributed by atoms with Gasteiger partial charge >= 0.3 is 11.9 Å². The highest BCUT2D eigenvalue weighted by Gasteiger charge is 2.46. The molecule has 7 rings (SSSR count). The zero-order chi connectivity index (χ0) is 51.0. The monoisotopic (exact) mass is 1030 g/mol. The fourth-order valence-corrected chi connectivity index (χ4v) is 11.6. The van der Waals surface area contributed by atoms with E-state index in [4.69, 9.17) is 21.4 Å². The number of carboxylic acid groups (broad SMARTS) is 2. The number of amides is 6. The number of benzene rings is 3. The molecule has 4 heterocycles. The zero-order valence-electron chi connectivity index (χ0n) is 38.5. The molecule has 1 atom stereocenters. The van der Waals surface area contributed by atoms with Crippen molar-refractivity contribution in [3.8, 4) is 16.2 Å². The van der Waals surface area contributed by atoms with Crippen LogP contribution in [-0.2, 0) is 39.7 Å².